The second kappa shape index (κ2) is 7.29. The van der Waals surface area contributed by atoms with Gasteiger partial charge in [0, 0.05) is 18.6 Å². The highest BCUT2D eigenvalue weighted by molar-refractivity contribution is 4.84. The van der Waals surface area contributed by atoms with Gasteiger partial charge in [-0.05, 0) is 45.7 Å². The molecule has 0 saturated heterocycles. The summed E-state index contributed by atoms with van der Waals surface area (Å²) in [5.41, 5.74) is 0.329. The van der Waals surface area contributed by atoms with Crippen molar-refractivity contribution in [2.75, 3.05) is 19.6 Å². The van der Waals surface area contributed by atoms with E-state index in [9.17, 15) is 0 Å². The lowest BCUT2D eigenvalue weighted by Crippen LogP contribution is -2.48. The Kier molecular flexibility index (Phi) is 7.25. The lowest BCUT2D eigenvalue weighted by Gasteiger charge is -2.39. The first-order valence-electron chi connectivity index (χ1n) is 6.82. The van der Waals surface area contributed by atoms with E-state index in [1.807, 2.05) is 0 Å². The van der Waals surface area contributed by atoms with E-state index in [1.54, 1.807) is 0 Å². The average Bonchev–Trinajstić information content (AvgIpc) is 2.21. The summed E-state index contributed by atoms with van der Waals surface area (Å²) in [5.74, 6) is 0. The van der Waals surface area contributed by atoms with Crippen LogP contribution in [0.25, 0.3) is 0 Å². The van der Waals surface area contributed by atoms with Crippen LogP contribution in [0.5, 0.6) is 0 Å². The van der Waals surface area contributed by atoms with Gasteiger partial charge in [0.05, 0.1) is 0 Å². The maximum absolute atomic E-state index is 3.61. The lowest BCUT2D eigenvalue weighted by molar-refractivity contribution is 0.122. The van der Waals surface area contributed by atoms with Gasteiger partial charge in [-0.25, -0.2) is 0 Å². The molecule has 0 aliphatic carbocycles. The first kappa shape index (κ1) is 15.9. The smallest absolute Gasteiger partial charge is 0.0102 e. The van der Waals surface area contributed by atoms with Crippen LogP contribution in [0.3, 0.4) is 0 Å². The predicted octanol–water partition coefficient (Wildman–Crippen LogP) is 3.13. The van der Waals surface area contributed by atoms with Crippen LogP contribution in [-0.4, -0.2) is 36.6 Å². The molecule has 0 aromatic heterocycles. The molecule has 0 heterocycles. The monoisotopic (exact) mass is 228 g/mol. The zero-order valence-corrected chi connectivity index (χ0v) is 12.4. The van der Waals surface area contributed by atoms with E-state index >= 15 is 0 Å². The zero-order valence-electron chi connectivity index (χ0n) is 12.4. The lowest BCUT2D eigenvalue weighted by atomic mass is 9.84. The van der Waals surface area contributed by atoms with Crippen molar-refractivity contribution >= 4 is 0 Å². The highest BCUT2D eigenvalue weighted by Gasteiger charge is 2.28. The van der Waals surface area contributed by atoms with E-state index in [4.69, 9.17) is 0 Å². The summed E-state index contributed by atoms with van der Waals surface area (Å²) in [6, 6.07) is 1.21. The molecule has 0 fully saturated rings. The van der Waals surface area contributed by atoms with Crippen LogP contribution in [0.2, 0.25) is 0 Å². The molecule has 0 aliphatic heterocycles. The molecular weight excluding hydrogens is 196 g/mol. The Morgan fingerprint density at radius 1 is 1.12 bits per heavy atom. The molecule has 2 nitrogen and oxygen atoms in total. The van der Waals surface area contributed by atoms with Crippen molar-refractivity contribution in [3.63, 3.8) is 0 Å². The second-order valence-electron chi connectivity index (χ2n) is 5.82. The Bertz CT molecular complexity index is 176. The fourth-order valence-electron chi connectivity index (χ4n) is 1.96. The van der Waals surface area contributed by atoms with E-state index in [2.05, 4.69) is 58.7 Å². The van der Waals surface area contributed by atoms with Crippen molar-refractivity contribution < 1.29 is 0 Å². The molecule has 0 radical (unpaired) electrons. The van der Waals surface area contributed by atoms with Crippen molar-refractivity contribution in [2.24, 2.45) is 5.41 Å². The molecule has 0 spiro atoms. The molecular formula is C14H32N2. The highest BCUT2D eigenvalue weighted by Crippen LogP contribution is 2.23. The standard InChI is InChI=1S/C14H32N2/c1-8-10-15-13(5)14(6,7)11-16(9-2)12(3)4/h12-13,15H,8-11H2,1-7H3. The fourth-order valence-corrected chi connectivity index (χ4v) is 1.96. The van der Waals surface area contributed by atoms with Gasteiger partial charge in [0.15, 0.2) is 0 Å². The molecule has 2 heteroatoms. The minimum absolute atomic E-state index is 0.329. The van der Waals surface area contributed by atoms with Crippen LogP contribution in [-0.2, 0) is 0 Å². The first-order chi connectivity index (χ1) is 7.35. The summed E-state index contributed by atoms with van der Waals surface area (Å²) < 4.78 is 0. The molecule has 0 rings (SSSR count). The van der Waals surface area contributed by atoms with Gasteiger partial charge < -0.3 is 10.2 Å². The van der Waals surface area contributed by atoms with Gasteiger partial charge in [0.2, 0.25) is 0 Å². The van der Waals surface area contributed by atoms with Crippen LogP contribution >= 0.6 is 0 Å². The molecule has 0 saturated carbocycles. The molecule has 16 heavy (non-hydrogen) atoms. The van der Waals surface area contributed by atoms with Gasteiger partial charge in [-0.2, -0.15) is 0 Å². The van der Waals surface area contributed by atoms with E-state index < -0.39 is 0 Å². The SMILES string of the molecule is CCCNC(C)C(C)(C)CN(CC)C(C)C. The third kappa shape index (κ3) is 5.31. The van der Waals surface area contributed by atoms with Gasteiger partial charge >= 0.3 is 0 Å². The van der Waals surface area contributed by atoms with Crippen LogP contribution in [0.1, 0.15) is 54.9 Å². The zero-order chi connectivity index (χ0) is 12.8. The molecule has 0 aromatic carbocycles. The fraction of sp³-hybridized carbons (Fsp3) is 1.00. The first-order valence-corrected chi connectivity index (χ1v) is 6.82. The van der Waals surface area contributed by atoms with Gasteiger partial charge in [0.25, 0.3) is 0 Å². The van der Waals surface area contributed by atoms with Gasteiger partial charge in [-0.1, -0.05) is 27.7 Å². The Balaban J connectivity index is 4.29. The topological polar surface area (TPSA) is 15.3 Å². The van der Waals surface area contributed by atoms with Crippen molar-refractivity contribution in [2.45, 2.75) is 67.0 Å². The molecule has 1 N–H and O–H groups in total. The molecule has 0 aliphatic rings. The van der Waals surface area contributed by atoms with Gasteiger partial charge in [0.1, 0.15) is 0 Å². The molecule has 1 atom stereocenters. The van der Waals surface area contributed by atoms with Gasteiger partial charge in [-0.15, -0.1) is 0 Å². The third-order valence-electron chi connectivity index (χ3n) is 3.62. The largest absolute Gasteiger partial charge is 0.314 e. The Morgan fingerprint density at radius 3 is 2.06 bits per heavy atom. The van der Waals surface area contributed by atoms with Crippen molar-refractivity contribution in [1.29, 1.82) is 0 Å². The van der Waals surface area contributed by atoms with Crippen LogP contribution in [0, 0.1) is 5.41 Å². The predicted molar refractivity (Wildman–Crippen MR) is 73.9 cm³/mol. The average molecular weight is 228 g/mol. The molecule has 0 aromatic rings. The van der Waals surface area contributed by atoms with Crippen LogP contribution < -0.4 is 5.32 Å². The molecule has 0 bridgehead atoms. The van der Waals surface area contributed by atoms with E-state index in [1.165, 1.54) is 13.0 Å². The van der Waals surface area contributed by atoms with Crippen molar-refractivity contribution in [1.82, 2.24) is 10.2 Å². The summed E-state index contributed by atoms with van der Waals surface area (Å²) in [7, 11) is 0. The van der Waals surface area contributed by atoms with E-state index in [-0.39, 0.29) is 0 Å². The quantitative estimate of drug-likeness (QED) is 0.686. The van der Waals surface area contributed by atoms with E-state index in [0.29, 0.717) is 17.5 Å². The van der Waals surface area contributed by atoms with Crippen LogP contribution in [0.15, 0.2) is 0 Å². The number of rotatable bonds is 8. The summed E-state index contributed by atoms with van der Waals surface area (Å²) in [6.07, 6.45) is 1.21. The highest BCUT2D eigenvalue weighted by atomic mass is 15.2. The number of hydrogen-bond acceptors (Lipinski definition) is 2. The van der Waals surface area contributed by atoms with Crippen molar-refractivity contribution in [3.8, 4) is 0 Å². The van der Waals surface area contributed by atoms with Crippen molar-refractivity contribution in [3.05, 3.63) is 0 Å². The number of nitrogens with one attached hydrogen (secondary N) is 1. The molecule has 98 valence electrons. The number of hydrogen-bond donors (Lipinski definition) is 1. The normalized spacial score (nSPS) is 14.8. The summed E-state index contributed by atoms with van der Waals surface area (Å²) >= 11 is 0. The Hall–Kier alpha value is -0.0800. The summed E-state index contributed by atoms with van der Waals surface area (Å²) in [4.78, 5) is 2.55. The maximum atomic E-state index is 3.61. The Morgan fingerprint density at radius 2 is 1.69 bits per heavy atom. The Labute approximate surface area is 103 Å². The minimum atomic E-state index is 0.329. The van der Waals surface area contributed by atoms with E-state index in [0.717, 1.165) is 13.1 Å². The van der Waals surface area contributed by atoms with Crippen LogP contribution in [0.4, 0.5) is 0 Å². The molecule has 1 unspecified atom stereocenters. The maximum Gasteiger partial charge on any atom is 0.0102 e. The third-order valence-corrected chi connectivity index (χ3v) is 3.62. The van der Waals surface area contributed by atoms with Gasteiger partial charge in [-0.3, -0.25) is 0 Å². The number of nitrogens with zero attached hydrogens (tertiary/aromatic N) is 1. The summed E-state index contributed by atoms with van der Waals surface area (Å²) in [5, 5.41) is 3.61. The summed E-state index contributed by atoms with van der Waals surface area (Å²) in [6.45, 7) is 19.5. The second-order valence-corrected chi connectivity index (χ2v) is 5.82. The molecule has 0 amide bonds. The minimum Gasteiger partial charge on any atom is -0.314 e.